The number of hydrogen-bond acceptors (Lipinski definition) is 0. The third-order valence-corrected chi connectivity index (χ3v) is 11.3. The Hall–Kier alpha value is -7.62. The van der Waals surface area contributed by atoms with Gasteiger partial charge in [0.1, 0.15) is 0 Å². The van der Waals surface area contributed by atoms with Gasteiger partial charge in [0, 0.05) is 49.4 Å². The lowest BCUT2D eigenvalue weighted by molar-refractivity contribution is 1.18. The topological polar surface area (TPSA) is 14.8 Å². The summed E-state index contributed by atoms with van der Waals surface area (Å²) in [6, 6.07) is 53.2. The van der Waals surface area contributed by atoms with Gasteiger partial charge in [-0.15, -0.1) is 0 Å². The highest BCUT2D eigenvalue weighted by molar-refractivity contribution is 6.14. The number of nitrogens with zero attached hydrogens (tertiary/aromatic N) is 3. The van der Waals surface area contributed by atoms with Crippen LogP contribution in [0.15, 0.2) is 212 Å². The normalized spacial score (nSPS) is 13.8. The molecule has 12 aromatic rings. The highest BCUT2D eigenvalue weighted by Crippen LogP contribution is 2.41. The van der Waals surface area contributed by atoms with Gasteiger partial charge in [0.05, 0.1) is 44.1 Å². The van der Waals surface area contributed by atoms with Crippen LogP contribution in [0, 0.1) is 0 Å². The van der Waals surface area contributed by atoms with Gasteiger partial charge in [0.2, 0.25) is 0 Å². The van der Waals surface area contributed by atoms with E-state index in [-0.39, 0.29) is 48.3 Å². The average molecular weight is 734 g/mol. The Morgan fingerprint density at radius 1 is 0.263 bits per heavy atom. The van der Waals surface area contributed by atoms with E-state index in [0.717, 1.165) is 82.9 Å². The average Bonchev–Trinajstić information content (AvgIpc) is 4.00. The Morgan fingerprint density at radius 3 is 0.877 bits per heavy atom. The summed E-state index contributed by atoms with van der Waals surface area (Å²) in [5.74, 6) is 0. The first-order valence-electron chi connectivity index (χ1n) is 22.9. The fourth-order valence-electron chi connectivity index (χ4n) is 8.73. The predicted octanol–water partition coefficient (Wildman–Crippen LogP) is 14.3. The van der Waals surface area contributed by atoms with Crippen LogP contribution in [0.3, 0.4) is 0 Å². The van der Waals surface area contributed by atoms with Crippen LogP contribution in [0.5, 0.6) is 0 Å². The molecule has 0 saturated heterocycles. The maximum Gasteiger partial charge on any atom is 0.0645 e. The van der Waals surface area contributed by atoms with Crippen molar-refractivity contribution in [3.63, 3.8) is 0 Å². The lowest BCUT2D eigenvalue weighted by atomic mass is 9.98. The molecular formula is C54H35N3. The first-order valence-corrected chi connectivity index (χ1v) is 18.9. The fraction of sp³-hybridized carbons (Fsp3) is 0. The second kappa shape index (κ2) is 12.5. The third-order valence-electron chi connectivity index (χ3n) is 11.3. The van der Waals surface area contributed by atoms with E-state index in [1.807, 2.05) is 112 Å². The number of hydrogen-bond donors (Lipinski definition) is 0. The van der Waals surface area contributed by atoms with Gasteiger partial charge in [-0.1, -0.05) is 115 Å². The summed E-state index contributed by atoms with van der Waals surface area (Å²) in [5.41, 5.74) is 10.8. The second-order valence-corrected chi connectivity index (χ2v) is 14.4. The Labute approximate surface area is 340 Å². The second-order valence-electron chi connectivity index (χ2n) is 14.4. The summed E-state index contributed by atoms with van der Waals surface area (Å²) in [6.07, 6.45) is 0. The molecule has 0 aliphatic carbocycles. The van der Waals surface area contributed by atoms with Crippen molar-refractivity contribution in [2.24, 2.45) is 0 Å². The number of fused-ring (bicyclic) bond motifs is 9. The quantitative estimate of drug-likeness (QED) is 0.167. The smallest absolute Gasteiger partial charge is 0.0645 e. The van der Waals surface area contributed by atoms with Gasteiger partial charge in [0.15, 0.2) is 0 Å². The van der Waals surface area contributed by atoms with Crippen molar-refractivity contribution in [1.29, 1.82) is 0 Å². The van der Waals surface area contributed by atoms with Gasteiger partial charge in [-0.2, -0.15) is 0 Å². The number of aromatic nitrogens is 3. The van der Waals surface area contributed by atoms with Crippen LogP contribution in [-0.2, 0) is 0 Å². The minimum Gasteiger partial charge on any atom is -0.309 e. The molecule has 0 saturated carbocycles. The minimum absolute atomic E-state index is 0.0741. The molecule has 0 amide bonds. The van der Waals surface area contributed by atoms with Gasteiger partial charge in [0.25, 0.3) is 0 Å². The zero-order valence-electron chi connectivity index (χ0n) is 38.4. The van der Waals surface area contributed by atoms with Crippen LogP contribution in [-0.4, -0.2) is 13.7 Å². The summed E-state index contributed by atoms with van der Waals surface area (Å²) in [6.45, 7) is 0. The van der Waals surface area contributed by atoms with Gasteiger partial charge in [-0.05, 0) is 119 Å². The molecule has 0 aliphatic rings. The highest BCUT2D eigenvalue weighted by atomic mass is 15.0. The molecule has 57 heavy (non-hydrogen) atoms. The van der Waals surface area contributed by atoms with Crippen LogP contribution in [0.25, 0.3) is 105 Å². The van der Waals surface area contributed by atoms with E-state index in [1.165, 1.54) is 0 Å². The lowest BCUT2D eigenvalue weighted by Gasteiger charge is -2.09. The van der Waals surface area contributed by atoms with Crippen molar-refractivity contribution >= 4 is 65.4 Å². The number of para-hydroxylation sites is 5. The number of rotatable bonds is 5. The van der Waals surface area contributed by atoms with Crippen molar-refractivity contribution < 1.29 is 11.0 Å². The van der Waals surface area contributed by atoms with E-state index >= 15 is 0 Å². The van der Waals surface area contributed by atoms with E-state index in [2.05, 4.69) is 65.2 Å². The molecule has 3 aromatic heterocycles. The van der Waals surface area contributed by atoms with Crippen LogP contribution in [0.2, 0.25) is 0 Å². The predicted molar refractivity (Wildman–Crippen MR) is 240 cm³/mol. The van der Waals surface area contributed by atoms with E-state index in [0.29, 0.717) is 21.8 Å². The Balaban J connectivity index is 1.08. The van der Waals surface area contributed by atoms with Gasteiger partial charge < -0.3 is 13.7 Å². The molecule has 3 heterocycles. The summed E-state index contributed by atoms with van der Waals surface area (Å²) in [7, 11) is 0. The summed E-state index contributed by atoms with van der Waals surface area (Å²) >= 11 is 0. The van der Waals surface area contributed by atoms with Crippen LogP contribution in [0.1, 0.15) is 11.0 Å². The van der Waals surface area contributed by atoms with Crippen molar-refractivity contribution in [2.45, 2.75) is 0 Å². The minimum atomic E-state index is -0.269. The maximum absolute atomic E-state index is 9.05. The SMILES string of the molecule is [2H]c1c([2H])c([2H])c2c(c1[2H])c1cc(-c3ccc4c(c3)c3cc(-c5ccc6c(c5)c5c([2H])c([2H])c([2H])c([2H])c5n6-c5ccccc5)ccc3n4-c3ccccc3)ccc1n2-c1ccccc1. The van der Waals surface area contributed by atoms with Crippen molar-refractivity contribution in [3.8, 4) is 39.3 Å². The monoisotopic (exact) mass is 733 g/mol. The van der Waals surface area contributed by atoms with Crippen molar-refractivity contribution in [1.82, 2.24) is 13.7 Å². The Bertz CT molecular complexity index is 3730. The summed E-state index contributed by atoms with van der Waals surface area (Å²) in [4.78, 5) is 0. The van der Waals surface area contributed by atoms with Gasteiger partial charge in [-0.25, -0.2) is 0 Å². The highest BCUT2D eigenvalue weighted by Gasteiger charge is 2.18. The van der Waals surface area contributed by atoms with E-state index in [4.69, 9.17) is 11.0 Å². The third kappa shape index (κ3) is 4.86. The molecule has 3 heteroatoms. The molecule has 0 aliphatic heterocycles. The van der Waals surface area contributed by atoms with Crippen molar-refractivity contribution in [2.75, 3.05) is 0 Å². The summed E-state index contributed by atoms with van der Waals surface area (Å²) in [5, 5.41) is 4.46. The molecule has 0 unspecified atom stereocenters. The Morgan fingerprint density at radius 2 is 0.544 bits per heavy atom. The van der Waals surface area contributed by atoms with Gasteiger partial charge >= 0.3 is 0 Å². The summed E-state index contributed by atoms with van der Waals surface area (Å²) < 4.78 is 76.5. The van der Waals surface area contributed by atoms with E-state index in [1.54, 1.807) is 0 Å². The molecule has 0 bridgehead atoms. The molecule has 0 N–H and O–H groups in total. The van der Waals surface area contributed by atoms with Crippen LogP contribution in [0.4, 0.5) is 0 Å². The molecule has 3 nitrogen and oxygen atoms in total. The molecule has 0 atom stereocenters. The molecule has 266 valence electrons. The molecule has 0 spiro atoms. The van der Waals surface area contributed by atoms with Gasteiger partial charge in [-0.3, -0.25) is 0 Å². The van der Waals surface area contributed by atoms with Crippen molar-refractivity contribution in [3.05, 3.63) is 212 Å². The molecular weight excluding hydrogens is 691 g/mol. The fourth-order valence-corrected chi connectivity index (χ4v) is 8.73. The molecule has 0 fully saturated rings. The van der Waals surface area contributed by atoms with Crippen LogP contribution < -0.4 is 0 Å². The van der Waals surface area contributed by atoms with Crippen LogP contribution >= 0.6 is 0 Å². The maximum atomic E-state index is 9.05. The Kier molecular flexibility index (Phi) is 5.40. The van der Waals surface area contributed by atoms with E-state index < -0.39 is 0 Å². The zero-order chi connectivity index (χ0) is 44.4. The number of benzene rings is 9. The lowest BCUT2D eigenvalue weighted by Crippen LogP contribution is -1.93. The largest absolute Gasteiger partial charge is 0.309 e. The zero-order valence-corrected chi connectivity index (χ0v) is 30.4. The first kappa shape index (κ1) is 24.7. The molecule has 9 aromatic carbocycles. The van der Waals surface area contributed by atoms with E-state index in [9.17, 15) is 0 Å². The molecule has 12 rings (SSSR count). The standard InChI is InChI=1S/C54H35N3/c1-4-14-40(15-5-1)55-49-22-12-10-20-43(49)45-32-36(24-28-51(45)55)38-26-30-53-47(34-38)48-35-39(27-31-54(48)57(53)42-18-8-3-9-19-42)37-25-29-52-46(33-37)44-21-11-13-23-50(44)56(52)41-16-6-2-7-17-41/h1-35H/i10D,11D,12D,13D,20D,21D,22D,23D. The molecule has 0 radical (unpaired) electrons. The first-order chi connectivity index (χ1) is 31.6.